The number of halogens is 1. The number of nitrogens with one attached hydrogen (secondary N) is 2. The number of benzene rings is 1. The highest BCUT2D eigenvalue weighted by molar-refractivity contribution is 8.01. The lowest BCUT2D eigenvalue weighted by molar-refractivity contribution is -0.114. The van der Waals surface area contributed by atoms with E-state index in [0.717, 1.165) is 20.3 Å². The van der Waals surface area contributed by atoms with Crippen molar-refractivity contribution in [1.29, 1.82) is 0 Å². The number of alkyl halides is 1. The van der Waals surface area contributed by atoms with Crippen molar-refractivity contribution in [3.8, 4) is 0 Å². The summed E-state index contributed by atoms with van der Waals surface area (Å²) in [5.74, 6) is 0.298. The lowest BCUT2D eigenvalue weighted by Gasteiger charge is -2.03. The van der Waals surface area contributed by atoms with Gasteiger partial charge in [-0.2, -0.15) is 0 Å². The normalized spacial score (nSPS) is 10.7. The minimum atomic E-state index is -0.258. The second-order valence-electron chi connectivity index (χ2n) is 5.35. The second-order valence-corrected chi connectivity index (χ2v) is 7.87. The third kappa shape index (κ3) is 4.94. The first-order valence-electron chi connectivity index (χ1n) is 7.66. The first kappa shape index (κ1) is 18.6. The molecule has 6 nitrogen and oxygen atoms in total. The van der Waals surface area contributed by atoms with Crippen LogP contribution in [0, 0.1) is 6.92 Å². The van der Waals surface area contributed by atoms with Crippen LogP contribution in [0.25, 0.3) is 10.2 Å². The second kappa shape index (κ2) is 8.48. The van der Waals surface area contributed by atoms with Gasteiger partial charge in [-0.1, -0.05) is 17.8 Å². The number of pyridine rings is 1. The van der Waals surface area contributed by atoms with Gasteiger partial charge in [0, 0.05) is 11.4 Å². The van der Waals surface area contributed by atoms with E-state index in [1.165, 1.54) is 23.1 Å². The zero-order valence-corrected chi connectivity index (χ0v) is 16.2. The molecule has 0 radical (unpaired) electrons. The molecule has 0 aliphatic rings. The van der Waals surface area contributed by atoms with Crippen LogP contribution in [0.1, 0.15) is 5.69 Å². The third-order valence-corrected chi connectivity index (χ3v) is 5.66. The number of fused-ring (bicyclic) bond motifs is 1. The maximum Gasteiger partial charge on any atom is 0.239 e. The minimum Gasteiger partial charge on any atom is -0.325 e. The standard InChI is InChI=1S/C17H15ClN4O2S2/c1-10-3-2-4-14(19-10)22-16(24)9-25-17-21-12-6-5-11(7-13(12)26-17)20-15(23)8-18/h2-7H,8-9H2,1H3,(H,20,23)(H,19,22,24). The summed E-state index contributed by atoms with van der Waals surface area (Å²) in [6, 6.07) is 10.9. The Bertz CT molecular complexity index is 961. The first-order chi connectivity index (χ1) is 12.5. The summed E-state index contributed by atoms with van der Waals surface area (Å²) in [4.78, 5) is 32.2. The van der Waals surface area contributed by atoms with Crippen molar-refractivity contribution in [3.63, 3.8) is 0 Å². The number of hydrogen-bond acceptors (Lipinski definition) is 6. The fourth-order valence-electron chi connectivity index (χ4n) is 2.16. The Balaban J connectivity index is 1.61. The van der Waals surface area contributed by atoms with Crippen LogP contribution in [-0.2, 0) is 9.59 Å². The highest BCUT2D eigenvalue weighted by Crippen LogP contribution is 2.31. The molecule has 2 amide bonds. The topological polar surface area (TPSA) is 84.0 Å². The van der Waals surface area contributed by atoms with Gasteiger partial charge in [0.15, 0.2) is 4.34 Å². The number of aryl methyl sites for hydroxylation is 1. The first-order valence-corrected chi connectivity index (χ1v) is 10.00. The number of carbonyl (C=O) groups is 2. The Morgan fingerprint density at radius 1 is 1.15 bits per heavy atom. The van der Waals surface area contributed by atoms with Crippen LogP contribution >= 0.6 is 34.7 Å². The van der Waals surface area contributed by atoms with Gasteiger partial charge in [-0.25, -0.2) is 9.97 Å². The molecule has 2 N–H and O–H groups in total. The van der Waals surface area contributed by atoms with Gasteiger partial charge in [0.25, 0.3) is 0 Å². The predicted octanol–water partition coefficient (Wildman–Crippen LogP) is 3.91. The Hall–Kier alpha value is -2.16. The van der Waals surface area contributed by atoms with Crippen molar-refractivity contribution in [2.75, 3.05) is 22.3 Å². The van der Waals surface area contributed by atoms with Crippen LogP contribution in [0.4, 0.5) is 11.5 Å². The number of aromatic nitrogens is 2. The summed E-state index contributed by atoms with van der Waals surface area (Å²) in [7, 11) is 0. The molecule has 2 heterocycles. The zero-order valence-electron chi connectivity index (χ0n) is 13.8. The molecule has 0 saturated carbocycles. The SMILES string of the molecule is Cc1cccc(NC(=O)CSc2nc3ccc(NC(=O)CCl)cc3s2)n1. The van der Waals surface area contributed by atoms with Gasteiger partial charge in [-0.05, 0) is 37.3 Å². The van der Waals surface area contributed by atoms with E-state index in [0.29, 0.717) is 11.5 Å². The molecule has 0 saturated heterocycles. The van der Waals surface area contributed by atoms with Gasteiger partial charge in [0.1, 0.15) is 11.7 Å². The van der Waals surface area contributed by atoms with Crippen molar-refractivity contribution >= 4 is 68.2 Å². The fourth-order valence-corrected chi connectivity index (χ4v) is 4.13. The van der Waals surface area contributed by atoms with Gasteiger partial charge in [-0.15, -0.1) is 22.9 Å². The van der Waals surface area contributed by atoms with Crippen molar-refractivity contribution in [3.05, 3.63) is 42.1 Å². The minimum absolute atomic E-state index is 0.0905. The Labute approximate surface area is 163 Å². The molecule has 0 bridgehead atoms. The number of thiazole rings is 1. The summed E-state index contributed by atoms with van der Waals surface area (Å²) < 4.78 is 1.72. The average molecular weight is 407 g/mol. The van der Waals surface area contributed by atoms with E-state index in [1.54, 1.807) is 12.1 Å². The molecule has 9 heteroatoms. The maximum absolute atomic E-state index is 12.1. The molecule has 26 heavy (non-hydrogen) atoms. The molecular formula is C17H15ClN4O2S2. The van der Waals surface area contributed by atoms with Crippen LogP contribution in [0.2, 0.25) is 0 Å². The van der Waals surface area contributed by atoms with Gasteiger partial charge >= 0.3 is 0 Å². The van der Waals surface area contributed by atoms with Crippen LogP contribution in [0.15, 0.2) is 40.7 Å². The highest BCUT2D eigenvalue weighted by atomic mass is 35.5. The fraction of sp³-hybridized carbons (Fsp3) is 0.176. The summed E-state index contributed by atoms with van der Waals surface area (Å²) in [6.45, 7) is 1.87. The number of carbonyl (C=O) groups excluding carboxylic acids is 2. The summed E-state index contributed by atoms with van der Waals surface area (Å²) in [5, 5.41) is 5.48. The van der Waals surface area contributed by atoms with Crippen molar-refractivity contribution in [2.45, 2.75) is 11.3 Å². The van der Waals surface area contributed by atoms with E-state index < -0.39 is 0 Å². The van der Waals surface area contributed by atoms with Gasteiger partial charge in [-0.3, -0.25) is 9.59 Å². The van der Waals surface area contributed by atoms with Gasteiger partial charge in [0.05, 0.1) is 16.0 Å². The molecule has 0 fully saturated rings. The van der Waals surface area contributed by atoms with E-state index in [1.807, 2.05) is 31.2 Å². The van der Waals surface area contributed by atoms with Crippen molar-refractivity contribution in [1.82, 2.24) is 9.97 Å². The number of anilines is 2. The largest absolute Gasteiger partial charge is 0.325 e. The van der Waals surface area contributed by atoms with Crippen molar-refractivity contribution < 1.29 is 9.59 Å². The summed E-state index contributed by atoms with van der Waals surface area (Å²) >= 11 is 8.32. The van der Waals surface area contributed by atoms with Crippen LogP contribution in [-0.4, -0.2) is 33.4 Å². The number of hydrogen-bond donors (Lipinski definition) is 2. The number of thioether (sulfide) groups is 1. The van der Waals surface area contributed by atoms with E-state index >= 15 is 0 Å². The van der Waals surface area contributed by atoms with E-state index in [4.69, 9.17) is 11.6 Å². The quantitative estimate of drug-likeness (QED) is 0.479. The van der Waals surface area contributed by atoms with Gasteiger partial charge in [0.2, 0.25) is 11.8 Å². The lowest BCUT2D eigenvalue weighted by Crippen LogP contribution is -2.15. The average Bonchev–Trinajstić information content (AvgIpc) is 3.02. The van der Waals surface area contributed by atoms with Crippen LogP contribution < -0.4 is 10.6 Å². The molecule has 2 aromatic heterocycles. The van der Waals surface area contributed by atoms with E-state index in [9.17, 15) is 9.59 Å². The molecule has 0 aliphatic carbocycles. The zero-order chi connectivity index (χ0) is 18.5. The maximum atomic E-state index is 12.1. The molecule has 0 spiro atoms. The van der Waals surface area contributed by atoms with Gasteiger partial charge < -0.3 is 10.6 Å². The monoisotopic (exact) mass is 406 g/mol. The Kier molecular flexibility index (Phi) is 6.08. The highest BCUT2D eigenvalue weighted by Gasteiger charge is 2.10. The summed E-state index contributed by atoms with van der Waals surface area (Å²) in [6.07, 6.45) is 0. The molecule has 1 aromatic carbocycles. The molecule has 134 valence electrons. The van der Waals surface area contributed by atoms with E-state index in [2.05, 4.69) is 20.6 Å². The number of rotatable bonds is 6. The third-order valence-electron chi connectivity index (χ3n) is 3.26. The van der Waals surface area contributed by atoms with E-state index in [-0.39, 0.29) is 23.4 Å². The molecule has 3 aromatic rings. The smallest absolute Gasteiger partial charge is 0.239 e. The van der Waals surface area contributed by atoms with Crippen molar-refractivity contribution in [2.24, 2.45) is 0 Å². The Morgan fingerprint density at radius 2 is 2.00 bits per heavy atom. The van der Waals surface area contributed by atoms with Crippen LogP contribution in [0.5, 0.6) is 0 Å². The molecule has 0 atom stereocenters. The summed E-state index contributed by atoms with van der Waals surface area (Å²) in [5.41, 5.74) is 2.34. The number of nitrogens with zero attached hydrogens (tertiary/aromatic N) is 2. The molecule has 3 rings (SSSR count). The molecule has 0 unspecified atom stereocenters. The molecular weight excluding hydrogens is 392 g/mol. The van der Waals surface area contributed by atoms with Crippen LogP contribution in [0.3, 0.4) is 0 Å². The number of amides is 2. The molecule has 0 aliphatic heterocycles. The predicted molar refractivity (Wildman–Crippen MR) is 107 cm³/mol. The Morgan fingerprint density at radius 3 is 2.77 bits per heavy atom. The lowest BCUT2D eigenvalue weighted by atomic mass is 10.3.